The molecule has 1 aliphatic rings. The van der Waals surface area contributed by atoms with Gasteiger partial charge >= 0.3 is 5.97 Å². The van der Waals surface area contributed by atoms with E-state index in [1.54, 1.807) is 0 Å². The molecular formula is C11H9Cl3N2O4. The van der Waals surface area contributed by atoms with Crippen LogP contribution in [0.4, 0.5) is 0 Å². The molecule has 1 N–H and O–H groups in total. The summed E-state index contributed by atoms with van der Waals surface area (Å²) in [5.74, 6) is -1.78. The molecule has 0 spiro atoms. The monoisotopic (exact) mass is 338 g/mol. The maximum absolute atomic E-state index is 12.4. The van der Waals surface area contributed by atoms with Gasteiger partial charge in [-0.25, -0.2) is 9.78 Å². The molecule has 1 saturated heterocycles. The van der Waals surface area contributed by atoms with Gasteiger partial charge in [-0.2, -0.15) is 0 Å². The first-order chi connectivity index (χ1) is 9.43. The summed E-state index contributed by atoms with van der Waals surface area (Å²) in [6.45, 7) is 0.294. The third-order valence-electron chi connectivity index (χ3n) is 2.79. The zero-order valence-corrected chi connectivity index (χ0v) is 12.2. The molecule has 2 rings (SSSR count). The van der Waals surface area contributed by atoms with Crippen LogP contribution >= 0.6 is 34.8 Å². The van der Waals surface area contributed by atoms with Crippen LogP contribution in [0, 0.1) is 0 Å². The minimum absolute atomic E-state index is 0.00631. The van der Waals surface area contributed by atoms with Crippen LogP contribution < -0.4 is 0 Å². The normalized spacial score (nSPS) is 18.9. The fourth-order valence-electron chi connectivity index (χ4n) is 1.78. The van der Waals surface area contributed by atoms with Gasteiger partial charge in [0.1, 0.15) is 5.69 Å². The fraction of sp³-hybridized carbons (Fsp3) is 0.364. The number of carbonyl (C=O) groups is 2. The van der Waals surface area contributed by atoms with Crippen LogP contribution in [0.15, 0.2) is 6.20 Å². The molecule has 0 bridgehead atoms. The molecule has 6 nitrogen and oxygen atoms in total. The lowest BCUT2D eigenvalue weighted by Gasteiger charge is -2.32. The van der Waals surface area contributed by atoms with Gasteiger partial charge in [0.25, 0.3) is 5.91 Å². The zero-order chi connectivity index (χ0) is 14.9. The number of rotatable bonds is 2. The Balaban J connectivity index is 2.35. The topological polar surface area (TPSA) is 79.7 Å². The van der Waals surface area contributed by atoms with Crippen LogP contribution in [-0.2, 0) is 9.53 Å². The van der Waals surface area contributed by atoms with E-state index >= 15 is 0 Å². The van der Waals surface area contributed by atoms with Crippen molar-refractivity contribution in [1.29, 1.82) is 0 Å². The number of carboxylic acids is 1. The number of carbonyl (C=O) groups excluding carboxylic acids is 1. The number of hydrogen-bond donors (Lipinski definition) is 1. The minimum atomic E-state index is -1.16. The highest BCUT2D eigenvalue weighted by Crippen LogP contribution is 2.32. The van der Waals surface area contributed by atoms with Gasteiger partial charge in [0.05, 0.1) is 28.3 Å². The molecule has 1 amide bonds. The fourth-order valence-corrected chi connectivity index (χ4v) is 2.34. The Morgan fingerprint density at radius 2 is 2.05 bits per heavy atom. The number of hydrogen-bond acceptors (Lipinski definition) is 4. The van der Waals surface area contributed by atoms with E-state index in [-0.39, 0.29) is 40.5 Å². The summed E-state index contributed by atoms with van der Waals surface area (Å²) in [6.07, 6.45) is 1.19. The Bertz CT molecular complexity index is 567. The largest absolute Gasteiger partial charge is 0.480 e. The average molecular weight is 340 g/mol. The number of halogens is 3. The van der Waals surface area contributed by atoms with Crippen molar-refractivity contribution in [3.63, 3.8) is 0 Å². The number of nitrogens with zero attached hydrogens (tertiary/aromatic N) is 2. The van der Waals surface area contributed by atoms with Gasteiger partial charge in [-0.05, 0) is 0 Å². The SMILES string of the molecule is O=C(O)C1COCCN1C(=O)c1ncc(Cl)c(Cl)c1Cl. The molecule has 108 valence electrons. The summed E-state index contributed by atoms with van der Waals surface area (Å²) in [5, 5.41) is 9.12. The summed E-state index contributed by atoms with van der Waals surface area (Å²) < 4.78 is 5.06. The van der Waals surface area contributed by atoms with Crippen LogP contribution in [0.1, 0.15) is 10.5 Å². The van der Waals surface area contributed by atoms with Gasteiger partial charge in [0, 0.05) is 12.7 Å². The lowest BCUT2D eigenvalue weighted by atomic mass is 10.2. The van der Waals surface area contributed by atoms with E-state index < -0.39 is 17.9 Å². The third-order valence-corrected chi connectivity index (χ3v) is 4.03. The highest BCUT2D eigenvalue weighted by atomic mass is 35.5. The van der Waals surface area contributed by atoms with E-state index in [1.165, 1.54) is 6.20 Å². The molecule has 0 saturated carbocycles. The number of amides is 1. The van der Waals surface area contributed by atoms with Crippen molar-refractivity contribution >= 4 is 46.7 Å². The standard InChI is InChI=1S/C11H9Cl3N2O4/c12-5-3-15-9(8(14)7(5)13)10(17)16-1-2-20-4-6(16)11(18)19/h3,6H,1-2,4H2,(H,18,19). The quantitative estimate of drug-likeness (QED) is 0.891. The molecule has 1 fully saturated rings. The maximum Gasteiger partial charge on any atom is 0.328 e. The number of aromatic nitrogens is 1. The van der Waals surface area contributed by atoms with Crippen molar-refractivity contribution in [2.75, 3.05) is 19.8 Å². The van der Waals surface area contributed by atoms with Crippen molar-refractivity contribution < 1.29 is 19.4 Å². The number of pyridine rings is 1. The van der Waals surface area contributed by atoms with Gasteiger partial charge in [0.2, 0.25) is 0 Å². The van der Waals surface area contributed by atoms with Gasteiger partial charge in [-0.1, -0.05) is 34.8 Å². The number of morpholine rings is 1. The van der Waals surface area contributed by atoms with E-state index in [2.05, 4.69) is 4.98 Å². The Morgan fingerprint density at radius 3 is 2.70 bits per heavy atom. The lowest BCUT2D eigenvalue weighted by Crippen LogP contribution is -2.52. The highest BCUT2D eigenvalue weighted by molar-refractivity contribution is 6.48. The third kappa shape index (κ3) is 2.83. The van der Waals surface area contributed by atoms with E-state index in [0.717, 1.165) is 4.90 Å². The molecule has 9 heteroatoms. The highest BCUT2D eigenvalue weighted by Gasteiger charge is 2.35. The summed E-state index contributed by atoms with van der Waals surface area (Å²) >= 11 is 17.5. The molecule has 0 aliphatic carbocycles. The Kier molecular flexibility index (Phi) is 4.70. The molecule has 2 heterocycles. The second-order valence-electron chi connectivity index (χ2n) is 4.01. The molecule has 0 aromatic carbocycles. The van der Waals surface area contributed by atoms with Gasteiger partial charge in [-0.3, -0.25) is 4.79 Å². The molecule has 1 unspecified atom stereocenters. The maximum atomic E-state index is 12.4. The van der Waals surface area contributed by atoms with E-state index in [1.807, 2.05) is 0 Å². The number of aliphatic carboxylic acids is 1. The van der Waals surface area contributed by atoms with Crippen molar-refractivity contribution in [1.82, 2.24) is 9.88 Å². The Labute approximate surface area is 129 Å². The zero-order valence-electron chi connectivity index (χ0n) is 9.98. The van der Waals surface area contributed by atoms with E-state index in [0.29, 0.717) is 0 Å². The van der Waals surface area contributed by atoms with Crippen LogP contribution in [0.5, 0.6) is 0 Å². The predicted molar refractivity (Wildman–Crippen MR) is 72.5 cm³/mol. The van der Waals surface area contributed by atoms with Crippen molar-refractivity contribution in [2.24, 2.45) is 0 Å². The smallest absolute Gasteiger partial charge is 0.328 e. The predicted octanol–water partition coefficient (Wildman–Crippen LogP) is 1.97. The summed E-state index contributed by atoms with van der Waals surface area (Å²) in [4.78, 5) is 28.5. The lowest BCUT2D eigenvalue weighted by molar-refractivity contribution is -0.147. The second-order valence-corrected chi connectivity index (χ2v) is 5.17. The summed E-state index contributed by atoms with van der Waals surface area (Å²) in [5.41, 5.74) is -0.130. The first-order valence-electron chi connectivity index (χ1n) is 5.54. The second kappa shape index (κ2) is 6.13. The summed E-state index contributed by atoms with van der Waals surface area (Å²) in [6, 6.07) is -1.08. The first kappa shape index (κ1) is 15.3. The van der Waals surface area contributed by atoms with E-state index in [9.17, 15) is 9.59 Å². The van der Waals surface area contributed by atoms with E-state index in [4.69, 9.17) is 44.6 Å². The summed E-state index contributed by atoms with van der Waals surface area (Å²) in [7, 11) is 0. The van der Waals surface area contributed by atoms with Crippen LogP contribution in [0.2, 0.25) is 15.1 Å². The van der Waals surface area contributed by atoms with Crippen LogP contribution in [-0.4, -0.2) is 52.7 Å². The van der Waals surface area contributed by atoms with Gasteiger partial charge in [0.15, 0.2) is 6.04 Å². The molecule has 20 heavy (non-hydrogen) atoms. The van der Waals surface area contributed by atoms with Gasteiger partial charge in [-0.15, -0.1) is 0 Å². The van der Waals surface area contributed by atoms with Crippen molar-refractivity contribution in [2.45, 2.75) is 6.04 Å². The van der Waals surface area contributed by atoms with Crippen LogP contribution in [0.25, 0.3) is 0 Å². The molecule has 0 radical (unpaired) electrons. The van der Waals surface area contributed by atoms with Crippen molar-refractivity contribution in [3.8, 4) is 0 Å². The molecular weight excluding hydrogens is 330 g/mol. The molecule has 1 aliphatic heterocycles. The van der Waals surface area contributed by atoms with Crippen molar-refractivity contribution in [3.05, 3.63) is 27.0 Å². The Morgan fingerprint density at radius 1 is 1.35 bits per heavy atom. The number of carboxylic acid groups (broad SMARTS) is 1. The number of ether oxygens (including phenoxy) is 1. The average Bonchev–Trinajstić information content (AvgIpc) is 2.44. The molecule has 1 atom stereocenters. The van der Waals surface area contributed by atoms with Gasteiger partial charge < -0.3 is 14.7 Å². The van der Waals surface area contributed by atoms with Crippen LogP contribution in [0.3, 0.4) is 0 Å². The minimum Gasteiger partial charge on any atom is -0.480 e. The molecule has 1 aromatic rings. The Hall–Kier alpha value is -1.08. The molecule has 1 aromatic heterocycles. The first-order valence-corrected chi connectivity index (χ1v) is 6.68.